The van der Waals surface area contributed by atoms with E-state index in [9.17, 15) is 4.79 Å². The zero-order chi connectivity index (χ0) is 19.8. The number of carbonyl (C=O) groups excluding carboxylic acids is 1. The van der Waals surface area contributed by atoms with Crippen molar-refractivity contribution < 1.29 is 9.53 Å². The van der Waals surface area contributed by atoms with Gasteiger partial charge in [0.05, 0.1) is 12.2 Å². The SMILES string of the molecule is CCOC(=O)c1ccc(Nc2ccnc(N(CC)Cc3ccccc3)n2)cc1. The van der Waals surface area contributed by atoms with Gasteiger partial charge in [0.25, 0.3) is 0 Å². The van der Waals surface area contributed by atoms with Gasteiger partial charge in [-0.25, -0.2) is 9.78 Å². The molecule has 0 atom stereocenters. The van der Waals surface area contributed by atoms with Gasteiger partial charge in [-0.15, -0.1) is 0 Å². The van der Waals surface area contributed by atoms with Crippen LogP contribution in [0.5, 0.6) is 0 Å². The van der Waals surface area contributed by atoms with Crippen LogP contribution < -0.4 is 10.2 Å². The molecule has 1 heterocycles. The second-order valence-electron chi connectivity index (χ2n) is 6.16. The third-order valence-electron chi connectivity index (χ3n) is 4.19. The van der Waals surface area contributed by atoms with Gasteiger partial charge in [0.1, 0.15) is 5.82 Å². The van der Waals surface area contributed by atoms with Crippen molar-refractivity contribution in [2.24, 2.45) is 0 Å². The summed E-state index contributed by atoms with van der Waals surface area (Å²) in [6, 6.07) is 19.2. The van der Waals surface area contributed by atoms with E-state index in [1.807, 2.05) is 36.4 Å². The quantitative estimate of drug-likeness (QED) is 0.587. The Hall–Kier alpha value is -3.41. The summed E-state index contributed by atoms with van der Waals surface area (Å²) >= 11 is 0. The maximum absolute atomic E-state index is 11.7. The molecule has 2 aromatic carbocycles. The predicted molar refractivity (Wildman–Crippen MR) is 111 cm³/mol. The molecule has 0 amide bonds. The number of nitrogens with one attached hydrogen (secondary N) is 1. The number of benzene rings is 2. The Morgan fingerprint density at radius 3 is 2.46 bits per heavy atom. The smallest absolute Gasteiger partial charge is 0.338 e. The summed E-state index contributed by atoms with van der Waals surface area (Å²) in [4.78, 5) is 22.9. The number of esters is 1. The third kappa shape index (κ3) is 5.07. The molecule has 0 unspecified atom stereocenters. The van der Waals surface area contributed by atoms with Crippen LogP contribution in [0, 0.1) is 0 Å². The fraction of sp³-hybridized carbons (Fsp3) is 0.227. The molecule has 1 aromatic heterocycles. The number of hydrogen-bond acceptors (Lipinski definition) is 6. The van der Waals surface area contributed by atoms with Crippen LogP contribution in [0.4, 0.5) is 17.5 Å². The maximum Gasteiger partial charge on any atom is 0.338 e. The lowest BCUT2D eigenvalue weighted by atomic mass is 10.2. The van der Waals surface area contributed by atoms with Crippen molar-refractivity contribution in [3.8, 4) is 0 Å². The average molecular weight is 376 g/mol. The van der Waals surface area contributed by atoms with Crippen LogP contribution >= 0.6 is 0 Å². The maximum atomic E-state index is 11.7. The van der Waals surface area contributed by atoms with Gasteiger partial charge in [-0.05, 0) is 49.7 Å². The molecule has 144 valence electrons. The molecule has 28 heavy (non-hydrogen) atoms. The molecular formula is C22H24N4O2. The Morgan fingerprint density at radius 1 is 1.04 bits per heavy atom. The van der Waals surface area contributed by atoms with E-state index in [4.69, 9.17) is 4.74 Å². The van der Waals surface area contributed by atoms with E-state index in [1.54, 1.807) is 25.3 Å². The van der Waals surface area contributed by atoms with Gasteiger partial charge in [-0.3, -0.25) is 0 Å². The highest BCUT2D eigenvalue weighted by Crippen LogP contribution is 2.19. The number of anilines is 3. The molecule has 0 bridgehead atoms. The minimum atomic E-state index is -0.321. The molecule has 3 aromatic rings. The summed E-state index contributed by atoms with van der Waals surface area (Å²) in [6.45, 7) is 5.78. The Morgan fingerprint density at radius 2 is 1.79 bits per heavy atom. The van der Waals surface area contributed by atoms with Gasteiger partial charge in [-0.2, -0.15) is 4.98 Å². The van der Waals surface area contributed by atoms with E-state index in [0.717, 1.165) is 18.8 Å². The van der Waals surface area contributed by atoms with Crippen LogP contribution in [0.15, 0.2) is 66.9 Å². The highest BCUT2D eigenvalue weighted by molar-refractivity contribution is 5.89. The Kier molecular flexibility index (Phi) is 6.57. The highest BCUT2D eigenvalue weighted by atomic mass is 16.5. The standard InChI is InChI=1S/C22H24N4O2/c1-3-26(16-17-8-6-5-7-9-17)22-23-15-14-20(25-22)24-19-12-10-18(11-13-19)21(27)28-4-2/h5-15H,3-4,16H2,1-2H3,(H,23,24,25). The minimum Gasteiger partial charge on any atom is -0.462 e. The van der Waals surface area contributed by atoms with Crippen LogP contribution in [0.3, 0.4) is 0 Å². The topological polar surface area (TPSA) is 67.3 Å². The van der Waals surface area contributed by atoms with Crippen LogP contribution in [-0.2, 0) is 11.3 Å². The molecular weight excluding hydrogens is 352 g/mol. The summed E-state index contributed by atoms with van der Waals surface area (Å²) < 4.78 is 5.00. The van der Waals surface area contributed by atoms with Crippen LogP contribution in [0.25, 0.3) is 0 Å². The Labute approximate surface area is 165 Å². The molecule has 6 nitrogen and oxygen atoms in total. The van der Waals surface area contributed by atoms with Crippen molar-refractivity contribution in [1.82, 2.24) is 9.97 Å². The first kappa shape index (κ1) is 19.4. The van der Waals surface area contributed by atoms with Gasteiger partial charge in [0, 0.05) is 25.0 Å². The summed E-state index contributed by atoms with van der Waals surface area (Å²) in [5.41, 5.74) is 2.57. The van der Waals surface area contributed by atoms with E-state index < -0.39 is 0 Å². The molecule has 0 aliphatic carbocycles. The van der Waals surface area contributed by atoms with Gasteiger partial charge >= 0.3 is 5.97 Å². The third-order valence-corrected chi connectivity index (χ3v) is 4.19. The number of nitrogens with zero attached hydrogens (tertiary/aromatic N) is 3. The van der Waals surface area contributed by atoms with Crippen molar-refractivity contribution in [3.63, 3.8) is 0 Å². The zero-order valence-electron chi connectivity index (χ0n) is 16.1. The van der Waals surface area contributed by atoms with Crippen molar-refractivity contribution in [2.45, 2.75) is 20.4 Å². The van der Waals surface area contributed by atoms with Crippen LogP contribution in [0.2, 0.25) is 0 Å². The number of aromatic nitrogens is 2. The molecule has 1 N–H and O–H groups in total. The van der Waals surface area contributed by atoms with E-state index >= 15 is 0 Å². The summed E-state index contributed by atoms with van der Waals surface area (Å²) in [5.74, 6) is 1.04. The molecule has 3 rings (SSSR count). The van der Waals surface area contributed by atoms with Gasteiger partial charge in [0.2, 0.25) is 5.95 Å². The molecule has 6 heteroatoms. The van der Waals surface area contributed by atoms with E-state index in [2.05, 4.69) is 39.2 Å². The van der Waals surface area contributed by atoms with E-state index in [1.165, 1.54) is 5.56 Å². The average Bonchev–Trinajstić information content (AvgIpc) is 2.73. The lowest BCUT2D eigenvalue weighted by Crippen LogP contribution is -2.24. The fourth-order valence-electron chi connectivity index (χ4n) is 2.75. The number of ether oxygens (including phenoxy) is 1. The predicted octanol–water partition coefficient (Wildman–Crippen LogP) is 4.42. The van der Waals surface area contributed by atoms with Gasteiger partial charge < -0.3 is 15.0 Å². The van der Waals surface area contributed by atoms with Crippen molar-refractivity contribution in [2.75, 3.05) is 23.4 Å². The van der Waals surface area contributed by atoms with E-state index in [0.29, 0.717) is 23.9 Å². The minimum absolute atomic E-state index is 0.321. The largest absolute Gasteiger partial charge is 0.462 e. The van der Waals surface area contributed by atoms with Crippen LogP contribution in [-0.4, -0.2) is 29.1 Å². The second-order valence-corrected chi connectivity index (χ2v) is 6.16. The molecule has 0 saturated heterocycles. The highest BCUT2D eigenvalue weighted by Gasteiger charge is 2.10. The lowest BCUT2D eigenvalue weighted by Gasteiger charge is -2.21. The van der Waals surface area contributed by atoms with Crippen molar-refractivity contribution >= 4 is 23.4 Å². The summed E-state index contributed by atoms with van der Waals surface area (Å²) in [7, 11) is 0. The zero-order valence-corrected chi connectivity index (χ0v) is 16.1. The molecule has 0 aliphatic heterocycles. The summed E-state index contributed by atoms with van der Waals surface area (Å²) in [5, 5.41) is 3.26. The molecule has 0 aliphatic rings. The molecule has 0 radical (unpaired) electrons. The molecule has 0 saturated carbocycles. The number of carbonyl (C=O) groups is 1. The lowest BCUT2D eigenvalue weighted by molar-refractivity contribution is 0.0526. The number of hydrogen-bond donors (Lipinski definition) is 1. The van der Waals surface area contributed by atoms with Crippen molar-refractivity contribution in [3.05, 3.63) is 78.0 Å². The fourth-order valence-corrected chi connectivity index (χ4v) is 2.75. The Balaban J connectivity index is 1.71. The van der Waals surface area contributed by atoms with Crippen LogP contribution in [0.1, 0.15) is 29.8 Å². The first-order chi connectivity index (χ1) is 13.7. The van der Waals surface area contributed by atoms with Gasteiger partial charge in [-0.1, -0.05) is 30.3 Å². The van der Waals surface area contributed by atoms with Gasteiger partial charge in [0.15, 0.2) is 0 Å². The van der Waals surface area contributed by atoms with Crippen molar-refractivity contribution in [1.29, 1.82) is 0 Å². The first-order valence-electron chi connectivity index (χ1n) is 9.35. The van der Waals surface area contributed by atoms with E-state index in [-0.39, 0.29) is 5.97 Å². The first-order valence-corrected chi connectivity index (χ1v) is 9.35. The molecule has 0 fully saturated rings. The monoisotopic (exact) mass is 376 g/mol. The Bertz CT molecular complexity index is 898. The second kappa shape index (κ2) is 9.50. The molecule has 0 spiro atoms. The normalized spacial score (nSPS) is 10.4. The number of rotatable bonds is 8. The summed E-state index contributed by atoms with van der Waals surface area (Å²) in [6.07, 6.45) is 1.74.